The second kappa shape index (κ2) is 6.05. The summed E-state index contributed by atoms with van der Waals surface area (Å²) in [6.07, 6.45) is 4.70. The van der Waals surface area contributed by atoms with E-state index in [9.17, 15) is 8.42 Å². The van der Waals surface area contributed by atoms with Crippen LogP contribution in [0.25, 0.3) is 0 Å². The minimum absolute atomic E-state index is 0.00350. The number of ether oxygens (including phenoxy) is 1. The third kappa shape index (κ3) is 4.27. The molecule has 0 saturated carbocycles. The first-order valence-electron chi connectivity index (χ1n) is 5.60. The fourth-order valence-corrected chi connectivity index (χ4v) is 3.11. The molecule has 6 nitrogen and oxygen atoms in total. The van der Waals surface area contributed by atoms with Gasteiger partial charge >= 0.3 is 0 Å². The zero-order chi connectivity index (χ0) is 13.0. The van der Waals surface area contributed by atoms with Crippen molar-refractivity contribution in [3.63, 3.8) is 0 Å². The summed E-state index contributed by atoms with van der Waals surface area (Å²) in [4.78, 5) is 7.99. The highest BCUT2D eigenvalue weighted by molar-refractivity contribution is 9.10. The minimum atomic E-state index is -3.34. The van der Waals surface area contributed by atoms with Crippen LogP contribution in [0.3, 0.4) is 0 Å². The Hall–Kier alpha value is -0.570. The fourth-order valence-electron chi connectivity index (χ4n) is 1.68. The Kier molecular flexibility index (Phi) is 4.66. The third-order valence-corrected chi connectivity index (χ3v) is 4.36. The van der Waals surface area contributed by atoms with E-state index in [1.807, 2.05) is 0 Å². The van der Waals surface area contributed by atoms with Gasteiger partial charge in [0.25, 0.3) is 0 Å². The average molecular weight is 336 g/mol. The van der Waals surface area contributed by atoms with Gasteiger partial charge in [-0.2, -0.15) is 0 Å². The van der Waals surface area contributed by atoms with Crippen molar-refractivity contribution in [3.8, 4) is 0 Å². The van der Waals surface area contributed by atoms with Crippen molar-refractivity contribution in [2.75, 3.05) is 12.4 Å². The lowest BCUT2D eigenvalue weighted by molar-refractivity contribution is 0.127. The summed E-state index contributed by atoms with van der Waals surface area (Å²) in [7, 11) is -3.34. The maximum absolute atomic E-state index is 11.8. The second-order valence-electron chi connectivity index (χ2n) is 4.06. The summed E-state index contributed by atoms with van der Waals surface area (Å²) in [5.41, 5.74) is 0. The molecule has 0 bridgehead atoms. The Morgan fingerprint density at radius 3 is 2.78 bits per heavy atom. The standard InChI is InChI=1S/C10H14BrN3O3S/c11-8-4-12-10(13-5-8)6-14-18(15,16)7-9-2-1-3-17-9/h4-5,9,14H,1-3,6-7H2. The van der Waals surface area contributed by atoms with E-state index in [-0.39, 0.29) is 18.4 Å². The molecule has 1 atom stereocenters. The van der Waals surface area contributed by atoms with Crippen molar-refractivity contribution in [1.29, 1.82) is 0 Å². The Bertz CT molecular complexity index is 486. The molecular weight excluding hydrogens is 322 g/mol. The van der Waals surface area contributed by atoms with E-state index in [2.05, 4.69) is 30.6 Å². The van der Waals surface area contributed by atoms with Gasteiger partial charge in [0.05, 0.1) is 22.9 Å². The van der Waals surface area contributed by atoms with Crippen LogP contribution in [0.2, 0.25) is 0 Å². The monoisotopic (exact) mass is 335 g/mol. The number of hydrogen-bond acceptors (Lipinski definition) is 5. The van der Waals surface area contributed by atoms with Gasteiger partial charge in [0, 0.05) is 19.0 Å². The summed E-state index contributed by atoms with van der Waals surface area (Å²) < 4.78 is 32.1. The normalized spacial score (nSPS) is 20.2. The van der Waals surface area contributed by atoms with Gasteiger partial charge in [-0.1, -0.05) is 0 Å². The zero-order valence-corrected chi connectivity index (χ0v) is 12.1. The van der Waals surface area contributed by atoms with Gasteiger partial charge in [-0.25, -0.2) is 23.1 Å². The molecule has 1 N–H and O–H groups in total. The third-order valence-electron chi connectivity index (χ3n) is 2.55. The lowest BCUT2D eigenvalue weighted by Gasteiger charge is -2.10. The molecule has 0 aromatic carbocycles. The van der Waals surface area contributed by atoms with Gasteiger partial charge in [0.2, 0.25) is 10.0 Å². The van der Waals surface area contributed by atoms with Crippen LogP contribution in [-0.4, -0.2) is 36.8 Å². The number of hydrogen-bond donors (Lipinski definition) is 1. The van der Waals surface area contributed by atoms with Crippen LogP contribution < -0.4 is 4.72 Å². The number of nitrogens with zero attached hydrogens (tertiary/aromatic N) is 2. The average Bonchev–Trinajstić information content (AvgIpc) is 2.80. The van der Waals surface area contributed by atoms with Crippen molar-refractivity contribution in [2.24, 2.45) is 0 Å². The van der Waals surface area contributed by atoms with Crippen LogP contribution in [-0.2, 0) is 21.3 Å². The number of rotatable bonds is 5. The van der Waals surface area contributed by atoms with E-state index < -0.39 is 10.0 Å². The maximum Gasteiger partial charge on any atom is 0.214 e. The molecule has 1 aromatic rings. The molecule has 0 aliphatic carbocycles. The van der Waals surface area contributed by atoms with Gasteiger partial charge in [-0.15, -0.1) is 0 Å². The van der Waals surface area contributed by atoms with Gasteiger partial charge < -0.3 is 4.74 Å². The number of halogens is 1. The molecule has 1 unspecified atom stereocenters. The van der Waals surface area contributed by atoms with Gasteiger partial charge in [-0.05, 0) is 28.8 Å². The smallest absolute Gasteiger partial charge is 0.214 e. The first-order chi connectivity index (χ1) is 8.55. The van der Waals surface area contributed by atoms with E-state index in [1.54, 1.807) is 12.4 Å². The van der Waals surface area contributed by atoms with Crippen LogP contribution in [0.1, 0.15) is 18.7 Å². The van der Waals surface area contributed by atoms with E-state index in [1.165, 1.54) is 0 Å². The minimum Gasteiger partial charge on any atom is -0.377 e. The molecule has 8 heteroatoms. The molecule has 1 aromatic heterocycles. The predicted octanol–water partition coefficient (Wildman–Crippen LogP) is 0.837. The Morgan fingerprint density at radius 1 is 1.44 bits per heavy atom. The van der Waals surface area contributed by atoms with E-state index in [0.29, 0.717) is 12.4 Å². The fraction of sp³-hybridized carbons (Fsp3) is 0.600. The second-order valence-corrected chi connectivity index (χ2v) is 6.82. The highest BCUT2D eigenvalue weighted by Gasteiger charge is 2.23. The molecule has 0 spiro atoms. The maximum atomic E-state index is 11.8. The number of nitrogens with one attached hydrogen (secondary N) is 1. The van der Waals surface area contributed by atoms with Gasteiger partial charge in [0.1, 0.15) is 5.82 Å². The van der Waals surface area contributed by atoms with Crippen molar-refractivity contribution in [3.05, 3.63) is 22.7 Å². The molecule has 100 valence electrons. The van der Waals surface area contributed by atoms with Crippen molar-refractivity contribution in [1.82, 2.24) is 14.7 Å². The Labute approximate surface area is 114 Å². The molecule has 1 saturated heterocycles. The molecular formula is C10H14BrN3O3S. The molecule has 0 amide bonds. The molecule has 2 heterocycles. The SMILES string of the molecule is O=S(=O)(CC1CCCO1)NCc1ncc(Br)cn1. The van der Waals surface area contributed by atoms with Crippen molar-refractivity contribution < 1.29 is 13.2 Å². The lowest BCUT2D eigenvalue weighted by Crippen LogP contribution is -2.32. The predicted molar refractivity (Wildman–Crippen MR) is 69.3 cm³/mol. The topological polar surface area (TPSA) is 81.2 Å². The van der Waals surface area contributed by atoms with Gasteiger partial charge in [0.15, 0.2) is 0 Å². The van der Waals surface area contributed by atoms with Crippen LogP contribution in [0.15, 0.2) is 16.9 Å². The first kappa shape index (κ1) is 13.9. The molecule has 0 radical (unpaired) electrons. The van der Waals surface area contributed by atoms with E-state index in [0.717, 1.165) is 17.3 Å². The highest BCUT2D eigenvalue weighted by atomic mass is 79.9. The summed E-state index contributed by atoms with van der Waals surface area (Å²) in [6.45, 7) is 0.748. The van der Waals surface area contributed by atoms with E-state index >= 15 is 0 Å². The molecule has 18 heavy (non-hydrogen) atoms. The molecule has 1 aliphatic rings. The van der Waals surface area contributed by atoms with Crippen molar-refractivity contribution in [2.45, 2.75) is 25.5 Å². The lowest BCUT2D eigenvalue weighted by atomic mass is 10.3. The Morgan fingerprint density at radius 2 is 2.17 bits per heavy atom. The highest BCUT2D eigenvalue weighted by Crippen LogP contribution is 2.13. The largest absolute Gasteiger partial charge is 0.377 e. The van der Waals surface area contributed by atoms with Crippen molar-refractivity contribution >= 4 is 26.0 Å². The Balaban J connectivity index is 1.86. The molecule has 1 aliphatic heterocycles. The molecule has 1 fully saturated rings. The van der Waals surface area contributed by atoms with Gasteiger partial charge in [-0.3, -0.25) is 0 Å². The summed E-state index contributed by atoms with van der Waals surface area (Å²) in [5.74, 6) is 0.442. The molecule has 2 rings (SSSR count). The first-order valence-corrected chi connectivity index (χ1v) is 8.05. The van der Waals surface area contributed by atoms with Crippen LogP contribution >= 0.6 is 15.9 Å². The number of aromatic nitrogens is 2. The van der Waals surface area contributed by atoms with Crippen LogP contribution in [0, 0.1) is 0 Å². The van der Waals surface area contributed by atoms with E-state index in [4.69, 9.17) is 4.74 Å². The van der Waals surface area contributed by atoms with Crippen LogP contribution in [0.4, 0.5) is 0 Å². The zero-order valence-electron chi connectivity index (χ0n) is 9.67. The quantitative estimate of drug-likeness (QED) is 0.862. The number of sulfonamides is 1. The summed E-state index contributed by atoms with van der Waals surface area (Å²) >= 11 is 3.21. The summed E-state index contributed by atoms with van der Waals surface area (Å²) in [6, 6.07) is 0. The summed E-state index contributed by atoms with van der Waals surface area (Å²) in [5, 5.41) is 0. The van der Waals surface area contributed by atoms with Crippen LogP contribution in [0.5, 0.6) is 0 Å².